The minimum Gasteiger partial charge on any atom is -0.486 e. The second-order valence-electron chi connectivity index (χ2n) is 6.97. The highest BCUT2D eigenvalue weighted by Crippen LogP contribution is 2.17. The number of ether oxygens (including phenoxy) is 2. The second-order valence-corrected chi connectivity index (χ2v) is 6.97. The van der Waals surface area contributed by atoms with Gasteiger partial charge in [-0.25, -0.2) is 4.39 Å². The Morgan fingerprint density at radius 2 is 2.00 bits per heavy atom. The normalized spacial score (nSPS) is 13.3. The standard InChI is InChI=1S/C22H19FN4O3/c23-20-9-16(1-4-17(20)11-24)12-27-8-7-21(26-27)25-22(28)10-15-2-5-18(6-3-15)30-19-13-29-14-19/h1-9,19H,10,12-14H2,(H,25,26,28). The molecular formula is C22H19FN4O3. The Labute approximate surface area is 172 Å². The molecule has 1 aromatic heterocycles. The fourth-order valence-corrected chi connectivity index (χ4v) is 2.98. The van der Waals surface area contributed by atoms with Crippen LogP contribution in [0.25, 0.3) is 0 Å². The summed E-state index contributed by atoms with van der Waals surface area (Å²) in [7, 11) is 0. The van der Waals surface area contributed by atoms with E-state index in [1.54, 1.807) is 29.1 Å². The lowest BCUT2D eigenvalue weighted by atomic mass is 10.1. The van der Waals surface area contributed by atoms with Gasteiger partial charge in [0.2, 0.25) is 5.91 Å². The van der Waals surface area contributed by atoms with Gasteiger partial charge in [-0.3, -0.25) is 9.48 Å². The van der Waals surface area contributed by atoms with Crippen LogP contribution in [-0.4, -0.2) is 35.0 Å². The van der Waals surface area contributed by atoms with E-state index in [1.165, 1.54) is 12.1 Å². The first-order valence-electron chi connectivity index (χ1n) is 9.44. The Balaban J connectivity index is 1.30. The minimum absolute atomic E-state index is 0.00353. The first-order valence-corrected chi connectivity index (χ1v) is 9.44. The third kappa shape index (κ3) is 4.82. The predicted octanol–water partition coefficient (Wildman–Crippen LogP) is 2.90. The fraction of sp³-hybridized carbons (Fsp3) is 0.227. The van der Waals surface area contributed by atoms with Gasteiger partial charge in [0.15, 0.2) is 5.82 Å². The number of hydrogen-bond acceptors (Lipinski definition) is 5. The van der Waals surface area contributed by atoms with Crippen LogP contribution in [0.1, 0.15) is 16.7 Å². The molecule has 1 amide bonds. The largest absolute Gasteiger partial charge is 0.486 e. The van der Waals surface area contributed by atoms with Gasteiger partial charge in [-0.2, -0.15) is 10.4 Å². The number of carbonyl (C=O) groups excluding carboxylic acids is 1. The van der Waals surface area contributed by atoms with Gasteiger partial charge in [0.1, 0.15) is 23.7 Å². The Hall–Kier alpha value is -3.70. The van der Waals surface area contributed by atoms with Crippen molar-refractivity contribution in [3.8, 4) is 11.8 Å². The molecule has 2 heterocycles. The molecule has 4 rings (SSSR count). The van der Waals surface area contributed by atoms with E-state index in [4.69, 9.17) is 14.7 Å². The summed E-state index contributed by atoms with van der Waals surface area (Å²) in [4.78, 5) is 12.3. The summed E-state index contributed by atoms with van der Waals surface area (Å²) in [6.07, 6.45) is 2.01. The Morgan fingerprint density at radius 1 is 1.23 bits per heavy atom. The molecule has 0 unspecified atom stereocenters. The van der Waals surface area contributed by atoms with E-state index in [9.17, 15) is 9.18 Å². The first kappa shape index (κ1) is 19.6. The summed E-state index contributed by atoms with van der Waals surface area (Å²) in [6.45, 7) is 1.54. The van der Waals surface area contributed by atoms with Crippen molar-refractivity contribution in [2.45, 2.75) is 19.1 Å². The predicted molar refractivity (Wildman–Crippen MR) is 106 cm³/mol. The summed E-state index contributed by atoms with van der Waals surface area (Å²) >= 11 is 0. The number of halogens is 1. The van der Waals surface area contributed by atoms with Crippen molar-refractivity contribution in [1.82, 2.24) is 9.78 Å². The smallest absolute Gasteiger partial charge is 0.229 e. The first-order chi connectivity index (χ1) is 14.6. The Morgan fingerprint density at radius 3 is 2.67 bits per heavy atom. The number of anilines is 1. The number of nitrogens with zero attached hydrogens (tertiary/aromatic N) is 3. The molecular weight excluding hydrogens is 387 g/mol. The van der Waals surface area contributed by atoms with Crippen LogP contribution < -0.4 is 10.1 Å². The van der Waals surface area contributed by atoms with Crippen LogP contribution >= 0.6 is 0 Å². The van der Waals surface area contributed by atoms with Crippen molar-refractivity contribution in [3.05, 3.63) is 77.2 Å². The van der Waals surface area contributed by atoms with E-state index in [2.05, 4.69) is 10.4 Å². The maximum absolute atomic E-state index is 13.7. The lowest BCUT2D eigenvalue weighted by Gasteiger charge is -2.26. The third-order valence-electron chi connectivity index (χ3n) is 4.60. The van der Waals surface area contributed by atoms with Gasteiger partial charge in [0, 0.05) is 12.3 Å². The average Bonchev–Trinajstić information content (AvgIpc) is 3.12. The molecule has 1 N–H and O–H groups in total. The molecule has 7 nitrogen and oxygen atoms in total. The Bertz CT molecular complexity index is 1080. The molecule has 152 valence electrons. The van der Waals surface area contributed by atoms with Crippen LogP contribution in [-0.2, 0) is 22.5 Å². The monoisotopic (exact) mass is 406 g/mol. The lowest BCUT2D eigenvalue weighted by molar-refractivity contribution is -0.115. The van der Waals surface area contributed by atoms with E-state index in [1.807, 2.05) is 24.3 Å². The van der Waals surface area contributed by atoms with Gasteiger partial charge in [0.25, 0.3) is 0 Å². The summed E-state index contributed by atoms with van der Waals surface area (Å²) in [5.74, 6) is 0.420. The summed E-state index contributed by atoms with van der Waals surface area (Å²) in [5.41, 5.74) is 1.53. The lowest BCUT2D eigenvalue weighted by Crippen LogP contribution is -2.38. The summed E-state index contributed by atoms with van der Waals surface area (Å²) in [5, 5.41) is 15.8. The highest BCUT2D eigenvalue weighted by Gasteiger charge is 2.19. The van der Waals surface area contributed by atoms with Gasteiger partial charge in [-0.05, 0) is 35.4 Å². The van der Waals surface area contributed by atoms with E-state index in [0.717, 1.165) is 11.3 Å². The number of benzene rings is 2. The SMILES string of the molecule is N#Cc1ccc(Cn2ccc(NC(=O)Cc3ccc(OC4COC4)cc3)n2)cc1F. The molecule has 2 aromatic carbocycles. The van der Waals surface area contributed by atoms with Gasteiger partial charge in [0.05, 0.1) is 31.7 Å². The molecule has 0 atom stereocenters. The number of rotatable bonds is 7. The van der Waals surface area contributed by atoms with Crippen LogP contribution in [0.15, 0.2) is 54.7 Å². The number of nitriles is 1. The van der Waals surface area contributed by atoms with Crippen molar-refractivity contribution in [2.75, 3.05) is 18.5 Å². The number of amides is 1. The molecule has 1 aliphatic rings. The number of aromatic nitrogens is 2. The molecule has 1 fully saturated rings. The van der Waals surface area contributed by atoms with Gasteiger partial charge in [-0.1, -0.05) is 18.2 Å². The molecule has 30 heavy (non-hydrogen) atoms. The Kier molecular flexibility index (Phi) is 5.72. The van der Waals surface area contributed by atoms with Gasteiger partial charge >= 0.3 is 0 Å². The molecule has 0 bridgehead atoms. The van der Waals surface area contributed by atoms with E-state index in [-0.39, 0.29) is 24.0 Å². The van der Waals surface area contributed by atoms with Gasteiger partial charge in [-0.15, -0.1) is 0 Å². The molecule has 1 aliphatic heterocycles. The highest BCUT2D eigenvalue weighted by molar-refractivity contribution is 5.91. The van der Waals surface area contributed by atoms with Crippen LogP contribution in [0, 0.1) is 17.1 Å². The van der Waals surface area contributed by atoms with Crippen LogP contribution in [0.3, 0.4) is 0 Å². The molecule has 0 aliphatic carbocycles. The minimum atomic E-state index is -0.562. The number of carbonyl (C=O) groups is 1. The zero-order chi connectivity index (χ0) is 20.9. The molecule has 3 aromatic rings. The van der Waals surface area contributed by atoms with E-state index < -0.39 is 5.82 Å². The molecule has 0 radical (unpaired) electrons. The number of nitrogens with one attached hydrogen (secondary N) is 1. The van der Waals surface area contributed by atoms with Crippen molar-refractivity contribution in [2.24, 2.45) is 0 Å². The topological polar surface area (TPSA) is 89.2 Å². The number of hydrogen-bond donors (Lipinski definition) is 1. The quantitative estimate of drug-likeness (QED) is 0.652. The van der Waals surface area contributed by atoms with E-state index >= 15 is 0 Å². The highest BCUT2D eigenvalue weighted by atomic mass is 19.1. The van der Waals surface area contributed by atoms with Crippen LogP contribution in [0.5, 0.6) is 5.75 Å². The van der Waals surface area contributed by atoms with Crippen LogP contribution in [0.4, 0.5) is 10.2 Å². The zero-order valence-electron chi connectivity index (χ0n) is 16.0. The summed E-state index contributed by atoms with van der Waals surface area (Å²) < 4.78 is 26.1. The molecule has 1 saturated heterocycles. The summed E-state index contributed by atoms with van der Waals surface area (Å²) in [6, 6.07) is 15.3. The maximum atomic E-state index is 13.7. The molecule has 8 heteroatoms. The van der Waals surface area contributed by atoms with Crippen molar-refractivity contribution >= 4 is 11.7 Å². The van der Waals surface area contributed by atoms with Crippen molar-refractivity contribution in [3.63, 3.8) is 0 Å². The van der Waals surface area contributed by atoms with Crippen LogP contribution in [0.2, 0.25) is 0 Å². The molecule has 0 saturated carbocycles. The zero-order valence-corrected chi connectivity index (χ0v) is 16.0. The van der Waals surface area contributed by atoms with Crippen molar-refractivity contribution < 1.29 is 18.7 Å². The molecule has 0 spiro atoms. The van der Waals surface area contributed by atoms with Crippen molar-refractivity contribution in [1.29, 1.82) is 5.26 Å². The third-order valence-corrected chi connectivity index (χ3v) is 4.60. The second kappa shape index (κ2) is 8.76. The average molecular weight is 406 g/mol. The van der Waals surface area contributed by atoms with Gasteiger partial charge < -0.3 is 14.8 Å². The fourth-order valence-electron chi connectivity index (χ4n) is 2.98. The van der Waals surface area contributed by atoms with E-state index in [0.29, 0.717) is 31.1 Å². The maximum Gasteiger partial charge on any atom is 0.229 e.